The Hall–Kier alpha value is -1.08. The number of thiophene rings is 1. The molecule has 1 amide bonds. The Morgan fingerprint density at radius 2 is 2.20 bits per heavy atom. The Balaban J connectivity index is 2.18. The molecular weight excluding hydrogens is 342 g/mol. The molecule has 0 unspecified atom stereocenters. The van der Waals surface area contributed by atoms with Gasteiger partial charge in [-0.05, 0) is 59.7 Å². The first-order valence-electron chi connectivity index (χ1n) is 6.53. The second-order valence-corrected chi connectivity index (χ2v) is 7.77. The number of oxime groups is 1. The summed E-state index contributed by atoms with van der Waals surface area (Å²) < 4.78 is 0.901. The predicted octanol–water partition coefficient (Wildman–Crippen LogP) is 2.94. The van der Waals surface area contributed by atoms with Crippen LogP contribution in [0.5, 0.6) is 0 Å². The number of nitrogens with one attached hydrogen (secondary N) is 1. The van der Waals surface area contributed by atoms with Crippen LogP contribution < -0.4 is 11.1 Å². The van der Waals surface area contributed by atoms with Crippen LogP contribution in [0.1, 0.15) is 42.3 Å². The fraction of sp³-hybridized carbons (Fsp3) is 0.538. The molecule has 2 rings (SSSR count). The molecule has 110 valence electrons. The van der Waals surface area contributed by atoms with Crippen molar-refractivity contribution in [3.05, 3.63) is 20.8 Å². The Morgan fingerprint density at radius 3 is 2.70 bits per heavy atom. The number of hydrogen-bond donors (Lipinski definition) is 3. The van der Waals surface area contributed by atoms with E-state index >= 15 is 0 Å². The van der Waals surface area contributed by atoms with E-state index in [1.54, 1.807) is 6.07 Å². The largest absolute Gasteiger partial charge is 0.409 e. The van der Waals surface area contributed by atoms with Crippen molar-refractivity contribution in [3.8, 4) is 0 Å². The number of rotatable bonds is 3. The molecule has 7 heteroatoms. The van der Waals surface area contributed by atoms with Crippen LogP contribution in [-0.2, 0) is 0 Å². The van der Waals surface area contributed by atoms with Gasteiger partial charge in [-0.25, -0.2) is 0 Å². The normalized spacial score (nSPS) is 27.3. The molecule has 1 saturated carbocycles. The lowest BCUT2D eigenvalue weighted by Gasteiger charge is -2.38. The highest BCUT2D eigenvalue weighted by molar-refractivity contribution is 9.11. The third kappa shape index (κ3) is 3.15. The van der Waals surface area contributed by atoms with E-state index in [1.165, 1.54) is 11.3 Å². The Bertz CT molecular complexity index is 521. The van der Waals surface area contributed by atoms with E-state index in [-0.39, 0.29) is 11.7 Å². The molecule has 0 radical (unpaired) electrons. The topological polar surface area (TPSA) is 87.7 Å². The highest BCUT2D eigenvalue weighted by Gasteiger charge is 2.40. The van der Waals surface area contributed by atoms with Gasteiger partial charge in [-0.2, -0.15) is 0 Å². The van der Waals surface area contributed by atoms with Gasteiger partial charge in [0, 0.05) is 0 Å². The number of halogens is 1. The highest BCUT2D eigenvalue weighted by atomic mass is 79.9. The zero-order valence-electron chi connectivity index (χ0n) is 11.2. The minimum Gasteiger partial charge on any atom is -0.409 e. The smallest absolute Gasteiger partial charge is 0.262 e. The molecule has 0 saturated heterocycles. The lowest BCUT2D eigenvalue weighted by molar-refractivity contribution is 0.0901. The fourth-order valence-electron chi connectivity index (χ4n) is 2.51. The maximum Gasteiger partial charge on any atom is 0.262 e. The van der Waals surface area contributed by atoms with Gasteiger partial charge in [-0.15, -0.1) is 11.3 Å². The Morgan fingerprint density at radius 1 is 1.55 bits per heavy atom. The number of nitrogens with zero attached hydrogens (tertiary/aromatic N) is 1. The van der Waals surface area contributed by atoms with Gasteiger partial charge in [0.25, 0.3) is 5.91 Å². The average molecular weight is 360 g/mol. The molecule has 1 heterocycles. The van der Waals surface area contributed by atoms with Crippen LogP contribution in [-0.4, -0.2) is 22.5 Å². The summed E-state index contributed by atoms with van der Waals surface area (Å²) >= 11 is 4.70. The molecule has 5 nitrogen and oxygen atoms in total. The summed E-state index contributed by atoms with van der Waals surface area (Å²) in [6, 6.07) is 3.59. The average Bonchev–Trinajstić information content (AvgIpc) is 2.87. The van der Waals surface area contributed by atoms with Crippen molar-refractivity contribution in [3.63, 3.8) is 0 Å². The second kappa shape index (κ2) is 6.13. The second-order valence-electron chi connectivity index (χ2n) is 5.31. The lowest BCUT2D eigenvalue weighted by atomic mass is 9.76. The first kappa shape index (κ1) is 15.3. The summed E-state index contributed by atoms with van der Waals surface area (Å²) in [7, 11) is 0. The highest BCUT2D eigenvalue weighted by Crippen LogP contribution is 2.33. The third-order valence-corrected chi connectivity index (χ3v) is 5.50. The minimum atomic E-state index is -0.727. The van der Waals surface area contributed by atoms with Gasteiger partial charge in [0.05, 0.1) is 8.66 Å². The molecule has 1 aliphatic rings. The summed E-state index contributed by atoms with van der Waals surface area (Å²) in [6.45, 7) is 2.18. The lowest BCUT2D eigenvalue weighted by Crippen LogP contribution is -2.59. The molecule has 0 spiro atoms. The first-order valence-corrected chi connectivity index (χ1v) is 8.13. The zero-order valence-corrected chi connectivity index (χ0v) is 13.6. The molecule has 1 aliphatic carbocycles. The van der Waals surface area contributed by atoms with Crippen molar-refractivity contribution in [2.45, 2.75) is 38.1 Å². The molecule has 0 aromatic carbocycles. The molecule has 4 N–H and O–H groups in total. The van der Waals surface area contributed by atoms with Gasteiger partial charge < -0.3 is 16.3 Å². The number of nitrogens with two attached hydrogens (primary N) is 1. The summed E-state index contributed by atoms with van der Waals surface area (Å²) in [5.41, 5.74) is 5.11. The standard InChI is InChI=1S/C13H18BrN3O2S/c1-8-4-6-13(7-5-8,12(15)17-19)16-11(18)9-2-3-10(14)20-9/h2-3,8,19H,4-7H2,1H3,(H2,15,17)(H,16,18). The number of hydrogen-bond acceptors (Lipinski definition) is 4. The molecule has 0 atom stereocenters. The van der Waals surface area contributed by atoms with Gasteiger partial charge in [0.2, 0.25) is 0 Å². The molecule has 1 fully saturated rings. The Kier molecular flexibility index (Phi) is 4.70. The Labute approximate surface area is 130 Å². The maximum absolute atomic E-state index is 12.3. The van der Waals surface area contributed by atoms with Crippen LogP contribution in [0.15, 0.2) is 21.1 Å². The van der Waals surface area contributed by atoms with Crippen molar-refractivity contribution >= 4 is 39.0 Å². The minimum absolute atomic E-state index is 0.0911. The predicted molar refractivity (Wildman–Crippen MR) is 83.3 cm³/mol. The van der Waals surface area contributed by atoms with Crippen molar-refractivity contribution < 1.29 is 10.0 Å². The van der Waals surface area contributed by atoms with Gasteiger partial charge in [0.1, 0.15) is 5.54 Å². The summed E-state index contributed by atoms with van der Waals surface area (Å²) in [4.78, 5) is 12.9. The molecule has 0 bridgehead atoms. The van der Waals surface area contributed by atoms with Crippen molar-refractivity contribution in [2.75, 3.05) is 0 Å². The van der Waals surface area contributed by atoms with Crippen LogP contribution in [0.3, 0.4) is 0 Å². The maximum atomic E-state index is 12.3. The van der Waals surface area contributed by atoms with Crippen molar-refractivity contribution in [1.29, 1.82) is 0 Å². The molecule has 1 aromatic rings. The van der Waals surface area contributed by atoms with E-state index < -0.39 is 5.54 Å². The molecule has 1 aromatic heterocycles. The van der Waals surface area contributed by atoms with Gasteiger partial charge >= 0.3 is 0 Å². The van der Waals surface area contributed by atoms with Gasteiger partial charge in [0.15, 0.2) is 5.84 Å². The van der Waals surface area contributed by atoms with E-state index in [2.05, 4.69) is 33.3 Å². The van der Waals surface area contributed by atoms with Crippen LogP contribution in [0.2, 0.25) is 0 Å². The number of carbonyl (C=O) groups excluding carboxylic acids is 1. The van der Waals surface area contributed by atoms with Crippen LogP contribution in [0.4, 0.5) is 0 Å². The summed E-state index contributed by atoms with van der Waals surface area (Å²) in [5, 5.41) is 15.1. The quantitative estimate of drug-likeness (QED) is 0.335. The van der Waals surface area contributed by atoms with Gasteiger partial charge in [-0.3, -0.25) is 4.79 Å². The number of carbonyl (C=O) groups is 1. The van der Waals surface area contributed by atoms with E-state index in [1.807, 2.05) is 6.07 Å². The zero-order chi connectivity index (χ0) is 14.8. The van der Waals surface area contributed by atoms with Crippen LogP contribution >= 0.6 is 27.3 Å². The SMILES string of the molecule is CC1CCC(NC(=O)c2ccc(Br)s2)(/C(N)=N/O)CC1. The van der Waals surface area contributed by atoms with E-state index in [9.17, 15) is 4.79 Å². The fourth-order valence-corrected chi connectivity index (χ4v) is 3.79. The van der Waals surface area contributed by atoms with Crippen molar-refractivity contribution in [2.24, 2.45) is 16.8 Å². The number of amidine groups is 1. The number of amides is 1. The van der Waals surface area contributed by atoms with Crippen LogP contribution in [0, 0.1) is 5.92 Å². The van der Waals surface area contributed by atoms with Crippen molar-refractivity contribution in [1.82, 2.24) is 5.32 Å². The summed E-state index contributed by atoms with van der Waals surface area (Å²) in [6.07, 6.45) is 3.29. The van der Waals surface area contributed by atoms with E-state index in [4.69, 9.17) is 10.9 Å². The third-order valence-electron chi connectivity index (χ3n) is 3.88. The van der Waals surface area contributed by atoms with Gasteiger partial charge in [-0.1, -0.05) is 12.1 Å². The van der Waals surface area contributed by atoms with E-state index in [0.29, 0.717) is 23.6 Å². The van der Waals surface area contributed by atoms with E-state index in [0.717, 1.165) is 16.6 Å². The molecule has 20 heavy (non-hydrogen) atoms. The molecular formula is C13H18BrN3O2S. The first-order chi connectivity index (χ1) is 9.47. The monoisotopic (exact) mass is 359 g/mol. The molecule has 0 aliphatic heterocycles. The summed E-state index contributed by atoms with van der Waals surface area (Å²) in [5.74, 6) is 0.512. The van der Waals surface area contributed by atoms with Crippen LogP contribution in [0.25, 0.3) is 0 Å².